The number of esters is 1. The highest BCUT2D eigenvalue weighted by molar-refractivity contribution is 5.92. The van der Waals surface area contributed by atoms with Gasteiger partial charge < -0.3 is 9.47 Å². The summed E-state index contributed by atoms with van der Waals surface area (Å²) in [5.41, 5.74) is 0.625. The fourth-order valence-corrected chi connectivity index (χ4v) is 1.32. The highest BCUT2D eigenvalue weighted by Crippen LogP contribution is 2.21. The van der Waals surface area contributed by atoms with Crippen LogP contribution in [0.5, 0.6) is 0 Å². The number of hydrogen-bond donors (Lipinski definition) is 0. The number of carbonyl (C=O) groups excluding carboxylic acids is 2. The summed E-state index contributed by atoms with van der Waals surface area (Å²) in [4.78, 5) is 22.0. The largest absolute Gasteiger partial charge is 0.466 e. The fourth-order valence-electron chi connectivity index (χ4n) is 1.32. The van der Waals surface area contributed by atoms with Gasteiger partial charge in [-0.1, -0.05) is 6.08 Å². The molecule has 0 saturated carbocycles. The second kappa shape index (κ2) is 5.29. The van der Waals surface area contributed by atoms with Crippen molar-refractivity contribution in [3.05, 3.63) is 29.4 Å². The third-order valence-electron chi connectivity index (χ3n) is 1.99. The predicted molar refractivity (Wildman–Crippen MR) is 53.9 cm³/mol. The maximum absolute atomic E-state index is 11.4. The van der Waals surface area contributed by atoms with Crippen molar-refractivity contribution in [2.75, 3.05) is 13.7 Å². The Labute approximate surface area is 87.9 Å². The van der Waals surface area contributed by atoms with Crippen LogP contribution in [0.4, 0.5) is 0 Å². The maximum Gasteiger partial charge on any atom is 0.336 e. The lowest BCUT2D eigenvalue weighted by Gasteiger charge is -2.19. The van der Waals surface area contributed by atoms with Crippen molar-refractivity contribution in [3.63, 3.8) is 0 Å². The molecule has 4 nitrogen and oxygen atoms in total. The first-order valence-electron chi connectivity index (χ1n) is 4.57. The smallest absolute Gasteiger partial charge is 0.336 e. The van der Waals surface area contributed by atoms with Crippen LogP contribution in [-0.2, 0) is 19.1 Å². The van der Waals surface area contributed by atoms with Crippen molar-refractivity contribution in [1.82, 2.24) is 0 Å². The van der Waals surface area contributed by atoms with Crippen LogP contribution in [-0.4, -0.2) is 31.7 Å². The van der Waals surface area contributed by atoms with Crippen LogP contribution in [0.2, 0.25) is 0 Å². The number of rotatable bonds is 3. The molecular formula is C11H12O4. The molecule has 0 heterocycles. The van der Waals surface area contributed by atoms with Gasteiger partial charge in [0.25, 0.3) is 0 Å². The molecule has 0 fully saturated rings. The molecule has 0 aromatic carbocycles. The molecule has 80 valence electrons. The minimum Gasteiger partial charge on any atom is -0.466 e. The van der Waals surface area contributed by atoms with Gasteiger partial charge in [-0.15, -0.1) is 0 Å². The van der Waals surface area contributed by atoms with Gasteiger partial charge in [-0.25, -0.2) is 9.59 Å². The number of carbonyl (C=O) groups is 1. The van der Waals surface area contributed by atoms with Gasteiger partial charge in [-0.2, -0.15) is 0 Å². The Morgan fingerprint density at radius 3 is 2.87 bits per heavy atom. The zero-order valence-corrected chi connectivity index (χ0v) is 8.65. The van der Waals surface area contributed by atoms with Crippen LogP contribution in [0.1, 0.15) is 6.92 Å². The summed E-state index contributed by atoms with van der Waals surface area (Å²) in [7, 11) is 1.29. The van der Waals surface area contributed by atoms with Crippen molar-refractivity contribution in [2.24, 2.45) is 0 Å². The molecular weight excluding hydrogens is 196 g/mol. The Morgan fingerprint density at radius 1 is 1.60 bits per heavy atom. The van der Waals surface area contributed by atoms with E-state index >= 15 is 0 Å². The Balaban J connectivity index is 3.02. The maximum atomic E-state index is 11.4. The van der Waals surface area contributed by atoms with Crippen LogP contribution in [0.3, 0.4) is 0 Å². The third-order valence-corrected chi connectivity index (χ3v) is 1.99. The Bertz CT molecular complexity index is 359. The quantitative estimate of drug-likeness (QED) is 0.509. The van der Waals surface area contributed by atoms with Crippen molar-refractivity contribution in [3.8, 4) is 0 Å². The van der Waals surface area contributed by atoms with Crippen LogP contribution < -0.4 is 0 Å². The van der Waals surface area contributed by atoms with Gasteiger partial charge in [-0.05, 0) is 19.1 Å². The molecule has 1 aliphatic carbocycles. The lowest BCUT2D eigenvalue weighted by molar-refractivity contribution is -0.137. The molecule has 4 heteroatoms. The molecule has 0 radical (unpaired) electrons. The van der Waals surface area contributed by atoms with Gasteiger partial charge in [0.15, 0.2) is 0 Å². The van der Waals surface area contributed by atoms with Crippen LogP contribution in [0.15, 0.2) is 29.4 Å². The Kier molecular flexibility index (Phi) is 4.03. The van der Waals surface area contributed by atoms with E-state index in [2.05, 4.69) is 4.74 Å². The first-order chi connectivity index (χ1) is 7.24. The van der Waals surface area contributed by atoms with Gasteiger partial charge in [-0.3, -0.25) is 0 Å². The summed E-state index contributed by atoms with van der Waals surface area (Å²) < 4.78 is 9.90. The summed E-state index contributed by atoms with van der Waals surface area (Å²) in [6.07, 6.45) is 4.08. The molecule has 1 atom stereocenters. The average Bonchev–Trinajstić information content (AvgIpc) is 2.28. The topological polar surface area (TPSA) is 52.6 Å². The molecule has 15 heavy (non-hydrogen) atoms. The second-order valence-corrected chi connectivity index (χ2v) is 2.87. The van der Waals surface area contributed by atoms with Crippen molar-refractivity contribution >= 4 is 11.9 Å². The van der Waals surface area contributed by atoms with Gasteiger partial charge in [0.1, 0.15) is 12.0 Å². The molecule has 0 spiro atoms. The van der Waals surface area contributed by atoms with E-state index in [1.807, 2.05) is 0 Å². The first kappa shape index (κ1) is 11.4. The van der Waals surface area contributed by atoms with Crippen molar-refractivity contribution < 1.29 is 19.1 Å². The Hall–Kier alpha value is -1.64. The standard InChI is InChI=1S/C11H12O4/c1-3-15-10-8(7-12)5-4-6-9(10)11(13)14-2/h4-6,10H,3H2,1-2H3. The molecule has 1 aliphatic rings. The van der Waals surface area contributed by atoms with Crippen LogP contribution in [0, 0.1) is 0 Å². The summed E-state index contributed by atoms with van der Waals surface area (Å²) >= 11 is 0. The van der Waals surface area contributed by atoms with E-state index in [0.29, 0.717) is 17.8 Å². The normalized spacial score (nSPS) is 19.5. The molecule has 0 bridgehead atoms. The highest BCUT2D eigenvalue weighted by atomic mass is 16.5. The van der Waals surface area contributed by atoms with Crippen LogP contribution >= 0.6 is 0 Å². The summed E-state index contributed by atoms with van der Waals surface area (Å²) in [5, 5.41) is 0. The van der Waals surface area contributed by atoms with Gasteiger partial charge in [0.2, 0.25) is 0 Å². The zero-order chi connectivity index (χ0) is 11.3. The van der Waals surface area contributed by atoms with Gasteiger partial charge in [0, 0.05) is 6.61 Å². The molecule has 1 rings (SSSR count). The summed E-state index contributed by atoms with van der Waals surface area (Å²) in [5.74, 6) is 1.26. The molecule has 0 saturated heterocycles. The molecule has 0 aromatic heterocycles. The minimum absolute atomic E-state index is 0.305. The third kappa shape index (κ3) is 2.43. The van der Waals surface area contributed by atoms with E-state index in [0.717, 1.165) is 0 Å². The second-order valence-electron chi connectivity index (χ2n) is 2.87. The molecule has 1 unspecified atom stereocenters. The van der Waals surface area contributed by atoms with E-state index < -0.39 is 12.1 Å². The van der Waals surface area contributed by atoms with E-state index in [9.17, 15) is 9.59 Å². The van der Waals surface area contributed by atoms with Crippen molar-refractivity contribution in [1.29, 1.82) is 0 Å². The zero-order valence-electron chi connectivity index (χ0n) is 8.65. The fraction of sp³-hybridized carbons (Fsp3) is 0.364. The monoisotopic (exact) mass is 208 g/mol. The Morgan fingerprint density at radius 2 is 2.33 bits per heavy atom. The number of ether oxygens (including phenoxy) is 2. The van der Waals surface area contributed by atoms with E-state index in [1.54, 1.807) is 31.1 Å². The lowest BCUT2D eigenvalue weighted by Crippen LogP contribution is -2.26. The van der Waals surface area contributed by atoms with Crippen molar-refractivity contribution in [2.45, 2.75) is 13.0 Å². The average molecular weight is 208 g/mol. The lowest BCUT2D eigenvalue weighted by atomic mass is 9.97. The van der Waals surface area contributed by atoms with E-state index in [4.69, 9.17) is 4.74 Å². The van der Waals surface area contributed by atoms with Crippen LogP contribution in [0.25, 0.3) is 0 Å². The number of methoxy groups -OCH3 is 1. The first-order valence-corrected chi connectivity index (χ1v) is 4.57. The predicted octanol–water partition coefficient (Wildman–Crippen LogP) is 0.819. The summed E-state index contributed by atoms with van der Waals surface area (Å²) in [6, 6.07) is 0. The SMILES string of the molecule is CCOC1C(=C=O)C=CC=C1C(=O)OC. The minimum atomic E-state index is -0.662. The molecule has 0 amide bonds. The molecule has 0 aliphatic heterocycles. The molecule has 0 aromatic rings. The van der Waals surface area contributed by atoms with E-state index in [1.165, 1.54) is 7.11 Å². The highest BCUT2D eigenvalue weighted by Gasteiger charge is 2.27. The van der Waals surface area contributed by atoms with Gasteiger partial charge >= 0.3 is 5.97 Å². The van der Waals surface area contributed by atoms with E-state index in [-0.39, 0.29) is 0 Å². The number of hydrogen-bond acceptors (Lipinski definition) is 4. The molecule has 0 N–H and O–H groups in total. The van der Waals surface area contributed by atoms with Gasteiger partial charge in [0.05, 0.1) is 18.3 Å². The number of allylic oxidation sites excluding steroid dienone is 2. The summed E-state index contributed by atoms with van der Waals surface area (Å²) in [6.45, 7) is 2.19.